The fourth-order valence-corrected chi connectivity index (χ4v) is 2.35. The van der Waals surface area contributed by atoms with Crippen LogP contribution in [0.3, 0.4) is 0 Å². The SMILES string of the molecule is CC(C)(C)OC(=O)NC(C)(C)c1nc(C(F)(F)F)c2c(F)cccn12. The van der Waals surface area contributed by atoms with Crippen LogP contribution < -0.4 is 5.32 Å². The molecule has 2 heterocycles. The second kappa shape index (κ2) is 5.89. The third kappa shape index (κ3) is 4.02. The molecule has 0 aliphatic carbocycles. The molecule has 2 aromatic heterocycles. The van der Waals surface area contributed by atoms with Gasteiger partial charge in [0.2, 0.25) is 0 Å². The minimum absolute atomic E-state index is 0.166. The van der Waals surface area contributed by atoms with Gasteiger partial charge in [-0.2, -0.15) is 13.2 Å². The van der Waals surface area contributed by atoms with Gasteiger partial charge in [0.15, 0.2) is 5.69 Å². The molecule has 25 heavy (non-hydrogen) atoms. The Kier molecular flexibility index (Phi) is 4.48. The summed E-state index contributed by atoms with van der Waals surface area (Å²) in [5.41, 5.74) is -4.16. The van der Waals surface area contributed by atoms with Crippen LogP contribution in [-0.4, -0.2) is 21.1 Å². The normalized spacial score (nSPS) is 13.2. The van der Waals surface area contributed by atoms with E-state index in [1.54, 1.807) is 20.8 Å². The maximum atomic E-state index is 14.0. The Bertz CT molecular complexity index is 804. The van der Waals surface area contributed by atoms with E-state index in [1.165, 1.54) is 26.1 Å². The molecule has 0 aliphatic heterocycles. The van der Waals surface area contributed by atoms with Gasteiger partial charge in [-0.25, -0.2) is 14.2 Å². The summed E-state index contributed by atoms with van der Waals surface area (Å²) < 4.78 is 59.8. The number of imidazole rings is 1. The van der Waals surface area contributed by atoms with Gasteiger partial charge in [-0.15, -0.1) is 0 Å². The van der Waals surface area contributed by atoms with Crippen LogP contribution >= 0.6 is 0 Å². The van der Waals surface area contributed by atoms with Crippen molar-refractivity contribution in [2.75, 3.05) is 0 Å². The first kappa shape index (κ1) is 19.0. The zero-order valence-corrected chi connectivity index (χ0v) is 14.5. The topological polar surface area (TPSA) is 55.6 Å². The molecular formula is C16H19F4N3O2. The number of ether oxygens (including phenoxy) is 1. The van der Waals surface area contributed by atoms with Crippen molar-refractivity contribution < 1.29 is 27.1 Å². The number of hydrogen-bond donors (Lipinski definition) is 1. The van der Waals surface area contributed by atoms with Gasteiger partial charge in [0, 0.05) is 6.20 Å². The Morgan fingerprint density at radius 1 is 1.20 bits per heavy atom. The molecule has 0 fully saturated rings. The van der Waals surface area contributed by atoms with Crippen molar-refractivity contribution in [2.24, 2.45) is 0 Å². The van der Waals surface area contributed by atoms with E-state index in [0.29, 0.717) is 0 Å². The van der Waals surface area contributed by atoms with Gasteiger partial charge in [-0.1, -0.05) is 0 Å². The molecule has 138 valence electrons. The largest absolute Gasteiger partial charge is 0.444 e. The summed E-state index contributed by atoms with van der Waals surface area (Å²) in [6.07, 6.45) is -4.40. The van der Waals surface area contributed by atoms with Crippen molar-refractivity contribution in [1.82, 2.24) is 14.7 Å². The highest BCUT2D eigenvalue weighted by Gasteiger charge is 2.41. The molecule has 0 aliphatic rings. The number of nitrogens with one attached hydrogen (secondary N) is 1. The summed E-state index contributed by atoms with van der Waals surface area (Å²) in [6, 6.07) is 2.18. The number of pyridine rings is 1. The zero-order valence-electron chi connectivity index (χ0n) is 14.5. The van der Waals surface area contributed by atoms with Crippen LogP contribution in [0, 0.1) is 5.82 Å². The van der Waals surface area contributed by atoms with Gasteiger partial charge in [0.1, 0.15) is 22.8 Å². The average molecular weight is 361 g/mol. The molecule has 2 aromatic rings. The standard InChI is InChI=1S/C16H19F4N3O2/c1-14(2,3)25-13(24)22-15(4,5)12-21-11(16(18,19)20)10-9(17)7-6-8-23(10)12/h6-8H,1-5H3,(H,22,24). The molecular weight excluding hydrogens is 342 g/mol. The third-order valence-electron chi connectivity index (χ3n) is 3.26. The Balaban J connectivity index is 2.53. The Hall–Kier alpha value is -2.32. The summed E-state index contributed by atoms with van der Waals surface area (Å²) in [6.45, 7) is 7.87. The average Bonchev–Trinajstić information content (AvgIpc) is 2.76. The predicted octanol–water partition coefficient (Wildman–Crippen LogP) is 4.25. The van der Waals surface area contributed by atoms with E-state index in [-0.39, 0.29) is 5.82 Å². The Morgan fingerprint density at radius 3 is 2.32 bits per heavy atom. The van der Waals surface area contributed by atoms with Crippen LogP contribution in [-0.2, 0) is 16.5 Å². The minimum atomic E-state index is -4.84. The number of alkyl halides is 3. The number of rotatable bonds is 2. The van der Waals surface area contributed by atoms with Gasteiger partial charge < -0.3 is 10.1 Å². The van der Waals surface area contributed by atoms with E-state index >= 15 is 0 Å². The van der Waals surface area contributed by atoms with Crippen LogP contribution in [0.25, 0.3) is 5.52 Å². The van der Waals surface area contributed by atoms with Gasteiger partial charge in [-0.3, -0.25) is 4.40 Å². The number of carbonyl (C=O) groups excluding carboxylic acids is 1. The molecule has 0 saturated carbocycles. The van der Waals surface area contributed by atoms with Crippen molar-refractivity contribution in [3.05, 3.63) is 35.7 Å². The third-order valence-corrected chi connectivity index (χ3v) is 3.26. The smallest absolute Gasteiger partial charge is 0.435 e. The lowest BCUT2D eigenvalue weighted by Gasteiger charge is -2.27. The maximum absolute atomic E-state index is 14.0. The molecule has 0 saturated heterocycles. The molecule has 0 unspecified atom stereocenters. The number of aromatic nitrogens is 2. The van der Waals surface area contributed by atoms with Crippen LogP contribution in [0.15, 0.2) is 18.3 Å². The molecule has 0 aromatic carbocycles. The summed E-state index contributed by atoms with van der Waals surface area (Å²) in [4.78, 5) is 15.6. The van der Waals surface area contributed by atoms with E-state index in [2.05, 4.69) is 10.3 Å². The number of alkyl carbamates (subject to hydrolysis) is 1. The highest BCUT2D eigenvalue weighted by molar-refractivity contribution is 5.69. The second-order valence-electron chi connectivity index (χ2n) is 7.11. The van der Waals surface area contributed by atoms with Crippen molar-refractivity contribution >= 4 is 11.6 Å². The molecule has 0 atom stereocenters. The molecule has 0 spiro atoms. The molecule has 0 radical (unpaired) electrons. The lowest BCUT2D eigenvalue weighted by molar-refractivity contribution is -0.139. The van der Waals surface area contributed by atoms with Gasteiger partial charge in [0.25, 0.3) is 0 Å². The Labute approximate surface area is 142 Å². The monoisotopic (exact) mass is 361 g/mol. The highest BCUT2D eigenvalue weighted by Crippen LogP contribution is 2.35. The van der Waals surface area contributed by atoms with Crippen molar-refractivity contribution in [3.63, 3.8) is 0 Å². The molecule has 1 N–H and O–H groups in total. The highest BCUT2D eigenvalue weighted by atomic mass is 19.4. The van der Waals surface area contributed by atoms with Crippen LogP contribution in [0.2, 0.25) is 0 Å². The zero-order chi connectivity index (χ0) is 19.2. The lowest BCUT2D eigenvalue weighted by Crippen LogP contribution is -2.45. The van der Waals surface area contributed by atoms with Crippen LogP contribution in [0.1, 0.15) is 46.1 Å². The summed E-state index contributed by atoms with van der Waals surface area (Å²) in [5, 5.41) is 2.47. The molecule has 9 heteroatoms. The number of amides is 1. The van der Waals surface area contributed by atoms with Crippen molar-refractivity contribution in [2.45, 2.75) is 51.9 Å². The minimum Gasteiger partial charge on any atom is -0.444 e. The molecule has 2 rings (SSSR count). The first-order valence-corrected chi connectivity index (χ1v) is 7.48. The number of fused-ring (bicyclic) bond motifs is 1. The summed E-state index contributed by atoms with van der Waals surface area (Å²) >= 11 is 0. The molecule has 5 nitrogen and oxygen atoms in total. The van der Waals surface area contributed by atoms with E-state index in [4.69, 9.17) is 4.74 Å². The number of halogens is 4. The first-order valence-electron chi connectivity index (χ1n) is 7.48. The fraction of sp³-hybridized carbons (Fsp3) is 0.500. The number of carbonyl (C=O) groups is 1. The maximum Gasteiger partial charge on any atom is 0.435 e. The quantitative estimate of drug-likeness (QED) is 0.814. The predicted molar refractivity (Wildman–Crippen MR) is 82.5 cm³/mol. The lowest BCUT2D eigenvalue weighted by atomic mass is 10.1. The summed E-state index contributed by atoms with van der Waals surface area (Å²) in [5.74, 6) is -1.22. The second-order valence-corrected chi connectivity index (χ2v) is 7.11. The van der Waals surface area contributed by atoms with Crippen LogP contribution in [0.5, 0.6) is 0 Å². The van der Waals surface area contributed by atoms with E-state index < -0.39 is 40.4 Å². The van der Waals surface area contributed by atoms with Gasteiger partial charge >= 0.3 is 12.3 Å². The van der Waals surface area contributed by atoms with Gasteiger partial charge in [-0.05, 0) is 46.8 Å². The summed E-state index contributed by atoms with van der Waals surface area (Å²) in [7, 11) is 0. The van der Waals surface area contributed by atoms with Crippen LogP contribution in [0.4, 0.5) is 22.4 Å². The number of nitrogens with zero attached hydrogens (tertiary/aromatic N) is 2. The molecule has 1 amide bonds. The van der Waals surface area contributed by atoms with E-state index in [0.717, 1.165) is 10.5 Å². The van der Waals surface area contributed by atoms with Gasteiger partial charge in [0.05, 0.1) is 5.54 Å². The molecule has 0 bridgehead atoms. The van der Waals surface area contributed by atoms with Crippen molar-refractivity contribution in [3.8, 4) is 0 Å². The Morgan fingerprint density at radius 2 is 1.80 bits per heavy atom. The number of hydrogen-bond acceptors (Lipinski definition) is 3. The fourth-order valence-electron chi connectivity index (χ4n) is 2.35. The van der Waals surface area contributed by atoms with Crippen molar-refractivity contribution in [1.29, 1.82) is 0 Å². The first-order chi connectivity index (χ1) is 11.2. The van der Waals surface area contributed by atoms with E-state index in [1.807, 2.05) is 0 Å². The van der Waals surface area contributed by atoms with E-state index in [9.17, 15) is 22.4 Å².